The van der Waals surface area contributed by atoms with E-state index < -0.39 is 4.92 Å². The minimum atomic E-state index is -0.454. The molecule has 0 unspecified atom stereocenters. The van der Waals surface area contributed by atoms with Gasteiger partial charge in [-0.2, -0.15) is 0 Å². The van der Waals surface area contributed by atoms with Crippen LogP contribution in [0.15, 0.2) is 18.2 Å². The smallest absolute Gasteiger partial charge is 0.273 e. The lowest BCUT2D eigenvalue weighted by atomic mass is 10.3. The van der Waals surface area contributed by atoms with Gasteiger partial charge in [0.2, 0.25) is 0 Å². The summed E-state index contributed by atoms with van der Waals surface area (Å²) in [6.45, 7) is 0.517. The van der Waals surface area contributed by atoms with E-state index in [0.29, 0.717) is 18.1 Å². The Balaban J connectivity index is 2.72. The van der Waals surface area contributed by atoms with Crippen LogP contribution in [0.25, 0.3) is 0 Å². The third-order valence-electron chi connectivity index (χ3n) is 2.14. The standard InChI is InChI=1S/C11H14BrNO4/c1-16-10-5-4-9(13(14)15)8-11(10)17-7-3-2-6-12/h4-5,8H,2-3,6-7H2,1H3. The monoisotopic (exact) mass is 303 g/mol. The summed E-state index contributed by atoms with van der Waals surface area (Å²) in [6.07, 6.45) is 1.88. The van der Waals surface area contributed by atoms with Crippen LogP contribution in [0.5, 0.6) is 11.5 Å². The van der Waals surface area contributed by atoms with Gasteiger partial charge in [0.1, 0.15) is 0 Å². The lowest BCUT2D eigenvalue weighted by Gasteiger charge is -2.09. The number of non-ortho nitro benzene ring substituents is 1. The topological polar surface area (TPSA) is 61.6 Å². The molecule has 0 aromatic heterocycles. The Morgan fingerprint density at radius 1 is 1.35 bits per heavy atom. The van der Waals surface area contributed by atoms with E-state index in [1.807, 2.05) is 0 Å². The summed E-state index contributed by atoms with van der Waals surface area (Å²) in [4.78, 5) is 10.2. The van der Waals surface area contributed by atoms with Crippen molar-refractivity contribution >= 4 is 21.6 Å². The van der Waals surface area contributed by atoms with Crippen molar-refractivity contribution in [3.63, 3.8) is 0 Å². The van der Waals surface area contributed by atoms with Crippen LogP contribution in [-0.2, 0) is 0 Å². The van der Waals surface area contributed by atoms with Crippen molar-refractivity contribution in [2.24, 2.45) is 0 Å². The fourth-order valence-corrected chi connectivity index (χ4v) is 1.67. The molecule has 0 saturated heterocycles. The second-order valence-corrected chi connectivity index (χ2v) is 4.13. The summed E-state index contributed by atoms with van der Waals surface area (Å²) in [5.41, 5.74) is 0.00120. The minimum absolute atomic E-state index is 0.00120. The molecular formula is C11H14BrNO4. The third kappa shape index (κ3) is 4.22. The molecule has 1 rings (SSSR count). The Labute approximate surface area is 108 Å². The summed E-state index contributed by atoms with van der Waals surface area (Å²) < 4.78 is 10.6. The number of nitro benzene ring substituents is 1. The zero-order valence-corrected chi connectivity index (χ0v) is 11.1. The van der Waals surface area contributed by atoms with Crippen LogP contribution in [-0.4, -0.2) is 24.0 Å². The number of rotatable bonds is 7. The van der Waals surface area contributed by atoms with E-state index in [0.717, 1.165) is 18.2 Å². The maximum Gasteiger partial charge on any atom is 0.273 e. The molecule has 1 aromatic carbocycles. The highest BCUT2D eigenvalue weighted by Crippen LogP contribution is 2.31. The number of unbranched alkanes of at least 4 members (excludes halogenated alkanes) is 1. The Hall–Kier alpha value is -1.30. The van der Waals surface area contributed by atoms with Gasteiger partial charge in [0.15, 0.2) is 11.5 Å². The zero-order valence-electron chi connectivity index (χ0n) is 9.52. The molecule has 0 saturated carbocycles. The summed E-state index contributed by atoms with van der Waals surface area (Å²) in [7, 11) is 1.51. The Kier molecular flexibility index (Phi) is 5.76. The van der Waals surface area contributed by atoms with Gasteiger partial charge in [-0.25, -0.2) is 0 Å². The van der Waals surface area contributed by atoms with Crippen molar-refractivity contribution < 1.29 is 14.4 Å². The molecule has 5 nitrogen and oxygen atoms in total. The first-order valence-corrected chi connectivity index (χ1v) is 6.32. The predicted octanol–water partition coefficient (Wildman–Crippen LogP) is 3.16. The summed E-state index contributed by atoms with van der Waals surface area (Å²) >= 11 is 3.33. The van der Waals surface area contributed by atoms with Gasteiger partial charge in [0.25, 0.3) is 5.69 Å². The highest BCUT2D eigenvalue weighted by molar-refractivity contribution is 9.09. The lowest BCUT2D eigenvalue weighted by Crippen LogP contribution is -2.00. The van der Waals surface area contributed by atoms with Gasteiger partial charge in [-0.1, -0.05) is 15.9 Å². The molecular weight excluding hydrogens is 290 g/mol. The molecule has 0 atom stereocenters. The summed E-state index contributed by atoms with van der Waals surface area (Å²) in [5.74, 6) is 0.922. The molecule has 0 aliphatic rings. The van der Waals surface area contributed by atoms with Crippen molar-refractivity contribution in [2.45, 2.75) is 12.8 Å². The van der Waals surface area contributed by atoms with Crippen LogP contribution in [0.2, 0.25) is 0 Å². The van der Waals surface area contributed by atoms with Crippen molar-refractivity contribution in [1.82, 2.24) is 0 Å². The number of hydrogen-bond acceptors (Lipinski definition) is 4. The van der Waals surface area contributed by atoms with E-state index in [1.165, 1.54) is 25.3 Å². The fraction of sp³-hybridized carbons (Fsp3) is 0.455. The number of nitro groups is 1. The molecule has 0 spiro atoms. The van der Waals surface area contributed by atoms with Crippen molar-refractivity contribution in [3.8, 4) is 11.5 Å². The first kappa shape index (κ1) is 13.8. The van der Waals surface area contributed by atoms with Gasteiger partial charge >= 0.3 is 0 Å². The summed E-state index contributed by atoms with van der Waals surface area (Å²) in [5, 5.41) is 11.6. The average molecular weight is 304 g/mol. The van der Waals surface area contributed by atoms with Crippen molar-refractivity contribution in [2.75, 3.05) is 19.0 Å². The minimum Gasteiger partial charge on any atom is -0.493 e. The Morgan fingerprint density at radius 2 is 2.12 bits per heavy atom. The number of ether oxygens (including phenoxy) is 2. The molecule has 0 aliphatic carbocycles. The summed E-state index contributed by atoms with van der Waals surface area (Å²) in [6, 6.07) is 4.31. The van der Waals surface area contributed by atoms with Crippen LogP contribution in [0.3, 0.4) is 0 Å². The van der Waals surface area contributed by atoms with Crippen molar-refractivity contribution in [3.05, 3.63) is 28.3 Å². The molecule has 0 aliphatic heterocycles. The zero-order chi connectivity index (χ0) is 12.7. The fourth-order valence-electron chi connectivity index (χ4n) is 1.27. The van der Waals surface area contributed by atoms with Gasteiger partial charge in [0.05, 0.1) is 24.7 Å². The number of nitrogens with zero attached hydrogens (tertiary/aromatic N) is 1. The van der Waals surface area contributed by atoms with Crippen LogP contribution >= 0.6 is 15.9 Å². The molecule has 0 amide bonds. The number of halogens is 1. The van der Waals surface area contributed by atoms with Crippen molar-refractivity contribution in [1.29, 1.82) is 0 Å². The molecule has 17 heavy (non-hydrogen) atoms. The van der Waals surface area contributed by atoms with E-state index >= 15 is 0 Å². The molecule has 1 aromatic rings. The Bertz CT molecular complexity index is 384. The maximum atomic E-state index is 10.6. The van der Waals surface area contributed by atoms with E-state index in [4.69, 9.17) is 9.47 Å². The predicted molar refractivity (Wildman–Crippen MR) is 68.2 cm³/mol. The molecule has 0 radical (unpaired) electrons. The average Bonchev–Trinajstić information content (AvgIpc) is 2.34. The van der Waals surface area contributed by atoms with Crippen LogP contribution in [0.4, 0.5) is 5.69 Å². The number of hydrogen-bond donors (Lipinski definition) is 0. The third-order valence-corrected chi connectivity index (χ3v) is 2.70. The van der Waals surface area contributed by atoms with Crippen LogP contribution in [0.1, 0.15) is 12.8 Å². The molecule has 0 heterocycles. The first-order chi connectivity index (χ1) is 8.19. The van der Waals surface area contributed by atoms with Gasteiger partial charge < -0.3 is 9.47 Å². The molecule has 94 valence electrons. The van der Waals surface area contributed by atoms with Gasteiger partial charge in [-0.3, -0.25) is 10.1 Å². The SMILES string of the molecule is COc1ccc([N+](=O)[O-])cc1OCCCCBr. The number of alkyl halides is 1. The Morgan fingerprint density at radius 3 is 2.71 bits per heavy atom. The van der Waals surface area contributed by atoms with E-state index in [-0.39, 0.29) is 5.69 Å². The normalized spacial score (nSPS) is 10.0. The van der Waals surface area contributed by atoms with Crippen LogP contribution in [0, 0.1) is 10.1 Å². The molecule has 6 heteroatoms. The van der Waals surface area contributed by atoms with E-state index in [1.54, 1.807) is 0 Å². The first-order valence-electron chi connectivity index (χ1n) is 5.20. The molecule has 0 bridgehead atoms. The lowest BCUT2D eigenvalue weighted by molar-refractivity contribution is -0.385. The highest BCUT2D eigenvalue weighted by Gasteiger charge is 2.12. The maximum absolute atomic E-state index is 10.6. The van der Waals surface area contributed by atoms with Gasteiger partial charge in [-0.05, 0) is 18.9 Å². The largest absolute Gasteiger partial charge is 0.493 e. The second-order valence-electron chi connectivity index (χ2n) is 3.34. The quantitative estimate of drug-likeness (QED) is 0.336. The number of benzene rings is 1. The molecule has 0 N–H and O–H groups in total. The van der Waals surface area contributed by atoms with E-state index in [9.17, 15) is 10.1 Å². The number of methoxy groups -OCH3 is 1. The van der Waals surface area contributed by atoms with Gasteiger partial charge in [-0.15, -0.1) is 0 Å². The highest BCUT2D eigenvalue weighted by atomic mass is 79.9. The second kappa shape index (κ2) is 7.11. The molecule has 0 fully saturated rings. The van der Waals surface area contributed by atoms with Crippen LogP contribution < -0.4 is 9.47 Å². The van der Waals surface area contributed by atoms with Gasteiger partial charge in [0, 0.05) is 11.4 Å². The van der Waals surface area contributed by atoms with E-state index in [2.05, 4.69) is 15.9 Å².